The summed E-state index contributed by atoms with van der Waals surface area (Å²) in [4.78, 5) is 20.6. The van der Waals surface area contributed by atoms with Crippen molar-refractivity contribution in [2.45, 2.75) is 6.92 Å². The summed E-state index contributed by atoms with van der Waals surface area (Å²) >= 11 is 0. The molecule has 0 spiro atoms. The summed E-state index contributed by atoms with van der Waals surface area (Å²) in [5.41, 5.74) is 0.310. The summed E-state index contributed by atoms with van der Waals surface area (Å²) < 4.78 is 10.0. The number of ether oxygens (including phenoxy) is 2. The number of rotatable bonds is 5. The molecule has 0 saturated heterocycles. The fourth-order valence-electron chi connectivity index (χ4n) is 1.09. The van der Waals surface area contributed by atoms with E-state index in [1.807, 2.05) is 0 Å². The molecule has 0 amide bonds. The van der Waals surface area contributed by atoms with Gasteiger partial charge >= 0.3 is 5.97 Å². The van der Waals surface area contributed by atoms with Crippen molar-refractivity contribution < 1.29 is 24.0 Å². The first-order valence-electron chi connectivity index (χ1n) is 4.78. The zero-order chi connectivity index (χ0) is 12.0. The number of carbonyl (C=O) groups is 1. The molecule has 1 aromatic carbocycles. The predicted octanol–water partition coefficient (Wildman–Crippen LogP) is 1.81. The molecule has 0 radical (unpaired) electrons. The molecule has 5 nitrogen and oxygen atoms in total. The minimum atomic E-state index is -0.584. The van der Waals surface area contributed by atoms with Crippen LogP contribution in [0.25, 0.3) is 0 Å². The standard InChI is InChI=1S/C11H14O5/c1-4-15-16-11(12)8-5-9(13-2)7-10(6-8)14-3/h5-7H,4H2,1-3H3. The third kappa shape index (κ3) is 3.13. The van der Waals surface area contributed by atoms with Crippen LogP contribution in [-0.2, 0) is 9.78 Å². The van der Waals surface area contributed by atoms with E-state index in [1.54, 1.807) is 25.1 Å². The summed E-state index contributed by atoms with van der Waals surface area (Å²) in [6.07, 6.45) is 0. The first-order chi connectivity index (χ1) is 7.71. The van der Waals surface area contributed by atoms with E-state index in [0.29, 0.717) is 23.7 Å². The quantitative estimate of drug-likeness (QED) is 0.566. The molecular formula is C11H14O5. The smallest absolute Gasteiger partial charge is 0.373 e. The van der Waals surface area contributed by atoms with Gasteiger partial charge in [0.2, 0.25) is 0 Å². The van der Waals surface area contributed by atoms with Gasteiger partial charge in [0.1, 0.15) is 11.5 Å². The molecule has 0 aliphatic rings. The molecule has 0 heterocycles. The second-order valence-electron chi connectivity index (χ2n) is 2.88. The summed E-state index contributed by atoms with van der Waals surface area (Å²) in [6, 6.07) is 4.76. The monoisotopic (exact) mass is 226 g/mol. The Hall–Kier alpha value is -1.75. The molecule has 0 aliphatic heterocycles. The zero-order valence-corrected chi connectivity index (χ0v) is 9.48. The second-order valence-corrected chi connectivity index (χ2v) is 2.88. The summed E-state index contributed by atoms with van der Waals surface area (Å²) in [7, 11) is 3.01. The molecule has 1 aromatic rings. The van der Waals surface area contributed by atoms with Crippen molar-refractivity contribution in [3.8, 4) is 11.5 Å². The largest absolute Gasteiger partial charge is 0.497 e. The van der Waals surface area contributed by atoms with E-state index in [1.165, 1.54) is 14.2 Å². The third-order valence-electron chi connectivity index (χ3n) is 1.84. The highest BCUT2D eigenvalue weighted by Crippen LogP contribution is 2.22. The van der Waals surface area contributed by atoms with Gasteiger partial charge in [0.25, 0.3) is 0 Å². The van der Waals surface area contributed by atoms with E-state index in [4.69, 9.17) is 9.47 Å². The van der Waals surface area contributed by atoms with Crippen LogP contribution < -0.4 is 9.47 Å². The first kappa shape index (κ1) is 12.3. The Kier molecular flexibility index (Phi) is 4.60. The minimum absolute atomic E-state index is 0.298. The molecule has 5 heteroatoms. The zero-order valence-electron chi connectivity index (χ0n) is 9.48. The topological polar surface area (TPSA) is 54.0 Å². The van der Waals surface area contributed by atoms with Crippen molar-refractivity contribution >= 4 is 5.97 Å². The van der Waals surface area contributed by atoms with Crippen LogP contribution in [0.2, 0.25) is 0 Å². The van der Waals surface area contributed by atoms with Gasteiger partial charge in [0.05, 0.1) is 26.4 Å². The molecule has 0 saturated carbocycles. The van der Waals surface area contributed by atoms with Crippen LogP contribution >= 0.6 is 0 Å². The van der Waals surface area contributed by atoms with Crippen molar-refractivity contribution in [3.63, 3.8) is 0 Å². The van der Waals surface area contributed by atoms with Crippen molar-refractivity contribution in [1.29, 1.82) is 0 Å². The maximum absolute atomic E-state index is 11.5. The number of methoxy groups -OCH3 is 2. The lowest BCUT2D eigenvalue weighted by atomic mass is 10.2. The van der Waals surface area contributed by atoms with Crippen LogP contribution in [0, 0.1) is 0 Å². The van der Waals surface area contributed by atoms with Gasteiger partial charge in [0.15, 0.2) is 0 Å². The fraction of sp³-hybridized carbons (Fsp3) is 0.364. The summed E-state index contributed by atoms with van der Waals surface area (Å²) in [5.74, 6) is 0.449. The van der Waals surface area contributed by atoms with E-state index in [0.717, 1.165) is 0 Å². The van der Waals surface area contributed by atoms with Gasteiger partial charge in [0, 0.05) is 6.07 Å². The molecule has 0 N–H and O–H groups in total. The second kappa shape index (κ2) is 5.97. The number of hydrogen-bond donors (Lipinski definition) is 0. The van der Waals surface area contributed by atoms with Crippen molar-refractivity contribution in [2.75, 3.05) is 20.8 Å². The van der Waals surface area contributed by atoms with Crippen LogP contribution in [0.4, 0.5) is 0 Å². The summed E-state index contributed by atoms with van der Waals surface area (Å²) in [6.45, 7) is 2.02. The molecule has 16 heavy (non-hydrogen) atoms. The minimum Gasteiger partial charge on any atom is -0.497 e. The first-order valence-corrected chi connectivity index (χ1v) is 4.78. The molecule has 0 unspecified atom stereocenters. The Balaban J connectivity index is 2.89. The van der Waals surface area contributed by atoms with Gasteiger partial charge in [-0.2, -0.15) is 4.89 Å². The average Bonchev–Trinajstić information content (AvgIpc) is 2.35. The highest BCUT2D eigenvalue weighted by molar-refractivity contribution is 5.90. The van der Waals surface area contributed by atoms with E-state index in [9.17, 15) is 4.79 Å². The fourth-order valence-corrected chi connectivity index (χ4v) is 1.09. The average molecular weight is 226 g/mol. The SMILES string of the molecule is CCOOC(=O)c1cc(OC)cc(OC)c1. The molecular weight excluding hydrogens is 212 g/mol. The molecule has 0 bridgehead atoms. The summed E-state index contributed by atoms with van der Waals surface area (Å²) in [5, 5.41) is 0. The Labute approximate surface area is 93.8 Å². The van der Waals surface area contributed by atoms with Gasteiger partial charge in [-0.05, 0) is 19.1 Å². The van der Waals surface area contributed by atoms with Gasteiger partial charge < -0.3 is 9.47 Å². The van der Waals surface area contributed by atoms with Gasteiger partial charge in [-0.3, -0.25) is 4.89 Å². The lowest BCUT2D eigenvalue weighted by Gasteiger charge is -2.07. The molecule has 0 aliphatic carbocycles. The predicted molar refractivity (Wildman–Crippen MR) is 56.6 cm³/mol. The van der Waals surface area contributed by atoms with Gasteiger partial charge in [-0.25, -0.2) is 4.79 Å². The number of carbonyl (C=O) groups excluding carboxylic acids is 1. The number of benzene rings is 1. The van der Waals surface area contributed by atoms with E-state index < -0.39 is 5.97 Å². The molecule has 0 atom stereocenters. The molecule has 88 valence electrons. The molecule has 1 rings (SSSR count). The van der Waals surface area contributed by atoms with E-state index in [-0.39, 0.29) is 0 Å². The highest BCUT2D eigenvalue weighted by atomic mass is 17.2. The normalized spacial score (nSPS) is 9.69. The Morgan fingerprint density at radius 3 is 2.12 bits per heavy atom. The Morgan fingerprint density at radius 1 is 1.12 bits per heavy atom. The van der Waals surface area contributed by atoms with Gasteiger partial charge in [-0.15, -0.1) is 0 Å². The van der Waals surface area contributed by atoms with Crippen molar-refractivity contribution in [1.82, 2.24) is 0 Å². The van der Waals surface area contributed by atoms with E-state index in [2.05, 4.69) is 9.78 Å². The maximum Gasteiger partial charge on any atom is 0.373 e. The Morgan fingerprint density at radius 2 is 1.69 bits per heavy atom. The Bertz CT molecular complexity index is 339. The van der Waals surface area contributed by atoms with Gasteiger partial charge in [-0.1, -0.05) is 0 Å². The van der Waals surface area contributed by atoms with Crippen LogP contribution in [0.1, 0.15) is 17.3 Å². The molecule has 0 aromatic heterocycles. The molecule has 0 fully saturated rings. The van der Waals surface area contributed by atoms with Crippen LogP contribution in [0.15, 0.2) is 18.2 Å². The lowest BCUT2D eigenvalue weighted by molar-refractivity contribution is -0.236. The number of hydrogen-bond acceptors (Lipinski definition) is 5. The highest BCUT2D eigenvalue weighted by Gasteiger charge is 2.11. The third-order valence-corrected chi connectivity index (χ3v) is 1.84. The van der Waals surface area contributed by atoms with Crippen molar-refractivity contribution in [3.05, 3.63) is 23.8 Å². The van der Waals surface area contributed by atoms with Crippen LogP contribution in [0.3, 0.4) is 0 Å². The maximum atomic E-state index is 11.5. The van der Waals surface area contributed by atoms with Crippen LogP contribution in [-0.4, -0.2) is 26.8 Å². The van der Waals surface area contributed by atoms with Crippen LogP contribution in [0.5, 0.6) is 11.5 Å². The van der Waals surface area contributed by atoms with Crippen molar-refractivity contribution in [2.24, 2.45) is 0 Å². The lowest BCUT2D eigenvalue weighted by Crippen LogP contribution is -2.06. The van der Waals surface area contributed by atoms with E-state index >= 15 is 0 Å².